The van der Waals surface area contributed by atoms with E-state index in [1.807, 2.05) is 19.9 Å². The molecule has 0 amide bonds. The quantitative estimate of drug-likeness (QED) is 0.750. The maximum atomic E-state index is 5.94. The number of hydrogen-bond donors (Lipinski definition) is 0. The molecule has 88 valence electrons. The number of aryl methyl sites for hydroxylation is 1. The van der Waals surface area contributed by atoms with Gasteiger partial charge in [0.05, 0.1) is 0 Å². The molecule has 0 unspecified atom stereocenters. The Morgan fingerprint density at radius 2 is 2.18 bits per heavy atom. The molecule has 0 bridgehead atoms. The monoisotopic (exact) mass is 230 g/mol. The second-order valence-electron chi connectivity index (χ2n) is 4.68. The molecule has 0 saturated carbocycles. The van der Waals surface area contributed by atoms with Crippen molar-refractivity contribution in [3.8, 4) is 11.4 Å². The van der Waals surface area contributed by atoms with E-state index in [-0.39, 0.29) is 0 Å². The molecule has 17 heavy (non-hydrogen) atoms. The fourth-order valence-electron chi connectivity index (χ4n) is 2.08. The van der Waals surface area contributed by atoms with Gasteiger partial charge in [-0.2, -0.15) is 4.68 Å². The lowest BCUT2D eigenvalue weighted by Crippen LogP contribution is -2.33. The average Bonchev–Trinajstić information content (AvgIpc) is 2.78. The summed E-state index contributed by atoms with van der Waals surface area (Å²) in [5.74, 6) is 1.56. The predicted octanol–water partition coefficient (Wildman–Crippen LogP) is 1.85. The van der Waals surface area contributed by atoms with Crippen LogP contribution in [-0.2, 0) is 12.0 Å². The van der Waals surface area contributed by atoms with Crippen molar-refractivity contribution in [3.05, 3.63) is 29.6 Å². The smallest absolute Gasteiger partial charge is 0.199 e. The Morgan fingerprint density at radius 3 is 2.94 bits per heavy atom. The van der Waals surface area contributed by atoms with E-state index >= 15 is 0 Å². The van der Waals surface area contributed by atoms with Gasteiger partial charge >= 0.3 is 0 Å². The summed E-state index contributed by atoms with van der Waals surface area (Å²) in [7, 11) is 0. The van der Waals surface area contributed by atoms with E-state index in [1.165, 1.54) is 5.56 Å². The van der Waals surface area contributed by atoms with Gasteiger partial charge in [0.15, 0.2) is 11.4 Å². The molecule has 1 aliphatic heterocycles. The van der Waals surface area contributed by atoms with Crippen LogP contribution in [0.15, 0.2) is 18.2 Å². The lowest BCUT2D eigenvalue weighted by molar-refractivity contribution is 0.0853. The average molecular weight is 230 g/mol. The van der Waals surface area contributed by atoms with E-state index in [0.717, 1.165) is 23.7 Å². The summed E-state index contributed by atoms with van der Waals surface area (Å²) >= 11 is 0. The maximum Gasteiger partial charge on any atom is 0.199 e. The SMILES string of the molecule is CCc1ccc2c(c1)-n1nnnc1C(C)(C)O2. The molecular weight excluding hydrogens is 216 g/mol. The number of tetrazole rings is 1. The number of nitrogens with zero attached hydrogens (tertiary/aromatic N) is 4. The van der Waals surface area contributed by atoms with E-state index in [0.29, 0.717) is 0 Å². The normalized spacial score (nSPS) is 15.9. The number of aromatic nitrogens is 4. The molecule has 5 heteroatoms. The van der Waals surface area contributed by atoms with Gasteiger partial charge in [0.1, 0.15) is 11.4 Å². The van der Waals surface area contributed by atoms with Crippen LogP contribution in [0.4, 0.5) is 0 Å². The van der Waals surface area contributed by atoms with Crippen LogP contribution >= 0.6 is 0 Å². The summed E-state index contributed by atoms with van der Waals surface area (Å²) in [5, 5.41) is 11.8. The highest BCUT2D eigenvalue weighted by molar-refractivity contribution is 5.51. The number of ether oxygens (including phenoxy) is 1. The predicted molar refractivity (Wildman–Crippen MR) is 62.2 cm³/mol. The van der Waals surface area contributed by atoms with E-state index in [9.17, 15) is 0 Å². The first kappa shape index (κ1) is 10.3. The molecule has 2 heterocycles. The highest BCUT2D eigenvalue weighted by Gasteiger charge is 2.36. The van der Waals surface area contributed by atoms with Crippen LogP contribution in [-0.4, -0.2) is 20.2 Å². The van der Waals surface area contributed by atoms with Crippen molar-refractivity contribution in [3.63, 3.8) is 0 Å². The van der Waals surface area contributed by atoms with E-state index < -0.39 is 5.60 Å². The molecule has 5 nitrogen and oxygen atoms in total. The van der Waals surface area contributed by atoms with Crippen molar-refractivity contribution >= 4 is 0 Å². The largest absolute Gasteiger partial charge is 0.478 e. The highest BCUT2D eigenvalue weighted by Crippen LogP contribution is 2.37. The zero-order valence-corrected chi connectivity index (χ0v) is 10.1. The Bertz CT molecular complexity index is 574. The Hall–Kier alpha value is -1.91. The van der Waals surface area contributed by atoms with Crippen molar-refractivity contribution < 1.29 is 4.74 Å². The Kier molecular flexibility index (Phi) is 1.98. The molecule has 2 aromatic rings. The Morgan fingerprint density at radius 1 is 1.35 bits per heavy atom. The zero-order chi connectivity index (χ0) is 12.0. The zero-order valence-electron chi connectivity index (χ0n) is 10.1. The van der Waals surface area contributed by atoms with Crippen LogP contribution in [0.5, 0.6) is 5.75 Å². The van der Waals surface area contributed by atoms with Crippen LogP contribution in [0.3, 0.4) is 0 Å². The standard InChI is InChI=1S/C12H14N4O/c1-4-8-5-6-10-9(7-8)16-11(13-14-15-16)12(2,3)17-10/h5-7H,4H2,1-3H3. The third-order valence-corrected chi connectivity index (χ3v) is 3.03. The Balaban J connectivity index is 2.24. The van der Waals surface area contributed by atoms with Crippen LogP contribution in [0, 0.1) is 0 Å². The molecular formula is C12H14N4O. The number of hydrogen-bond acceptors (Lipinski definition) is 4. The molecule has 0 atom stereocenters. The van der Waals surface area contributed by atoms with E-state index in [4.69, 9.17) is 4.74 Å². The lowest BCUT2D eigenvalue weighted by atomic mass is 10.0. The number of rotatable bonds is 1. The van der Waals surface area contributed by atoms with Crippen molar-refractivity contribution in [2.45, 2.75) is 32.8 Å². The number of benzene rings is 1. The minimum atomic E-state index is -0.496. The first-order chi connectivity index (χ1) is 8.12. The second kappa shape index (κ2) is 3.29. The fourth-order valence-corrected chi connectivity index (χ4v) is 2.08. The molecule has 0 saturated heterocycles. The van der Waals surface area contributed by atoms with Gasteiger partial charge in [-0.25, -0.2) is 0 Å². The minimum absolute atomic E-state index is 0.496. The van der Waals surface area contributed by atoms with E-state index in [1.54, 1.807) is 4.68 Å². The van der Waals surface area contributed by atoms with Crippen molar-refractivity contribution in [2.75, 3.05) is 0 Å². The Labute approximate surface area is 99.4 Å². The van der Waals surface area contributed by atoms with Crippen LogP contribution in [0.1, 0.15) is 32.2 Å². The summed E-state index contributed by atoms with van der Waals surface area (Å²) in [6.45, 7) is 6.05. The first-order valence-corrected chi connectivity index (χ1v) is 5.73. The van der Waals surface area contributed by atoms with Gasteiger partial charge in [0, 0.05) is 0 Å². The van der Waals surface area contributed by atoms with E-state index in [2.05, 4.69) is 34.6 Å². The highest BCUT2D eigenvalue weighted by atomic mass is 16.5. The minimum Gasteiger partial charge on any atom is -0.478 e. The summed E-state index contributed by atoms with van der Waals surface area (Å²) in [5.41, 5.74) is 1.67. The van der Waals surface area contributed by atoms with Crippen molar-refractivity contribution in [2.24, 2.45) is 0 Å². The van der Waals surface area contributed by atoms with Gasteiger partial charge < -0.3 is 4.74 Å². The summed E-state index contributed by atoms with van der Waals surface area (Å²) in [4.78, 5) is 0. The van der Waals surface area contributed by atoms with Crippen molar-refractivity contribution in [1.29, 1.82) is 0 Å². The van der Waals surface area contributed by atoms with Gasteiger partial charge in [-0.05, 0) is 48.4 Å². The molecule has 1 aliphatic rings. The van der Waals surface area contributed by atoms with Crippen molar-refractivity contribution in [1.82, 2.24) is 20.2 Å². The molecule has 1 aromatic heterocycles. The maximum absolute atomic E-state index is 5.94. The van der Waals surface area contributed by atoms with Gasteiger partial charge in [-0.15, -0.1) is 5.10 Å². The summed E-state index contributed by atoms with van der Waals surface area (Å²) < 4.78 is 7.70. The fraction of sp³-hybridized carbons (Fsp3) is 0.417. The molecule has 3 rings (SSSR count). The molecule has 0 N–H and O–H groups in total. The summed E-state index contributed by atoms with van der Waals surface area (Å²) in [6, 6.07) is 6.13. The molecule has 0 fully saturated rings. The second-order valence-corrected chi connectivity index (χ2v) is 4.68. The topological polar surface area (TPSA) is 52.8 Å². The van der Waals surface area contributed by atoms with Gasteiger partial charge in [0.25, 0.3) is 0 Å². The number of fused-ring (bicyclic) bond motifs is 3. The van der Waals surface area contributed by atoms with Crippen LogP contribution in [0.25, 0.3) is 5.69 Å². The summed E-state index contributed by atoms with van der Waals surface area (Å²) in [6.07, 6.45) is 0.980. The van der Waals surface area contributed by atoms with Crippen LogP contribution < -0.4 is 4.74 Å². The molecule has 1 aromatic carbocycles. The third kappa shape index (κ3) is 1.42. The molecule has 0 aliphatic carbocycles. The van der Waals surface area contributed by atoms with Gasteiger partial charge in [-0.1, -0.05) is 13.0 Å². The molecule has 0 spiro atoms. The van der Waals surface area contributed by atoms with Crippen LogP contribution in [0.2, 0.25) is 0 Å². The van der Waals surface area contributed by atoms with Gasteiger partial charge in [-0.3, -0.25) is 0 Å². The molecule has 0 radical (unpaired) electrons. The van der Waals surface area contributed by atoms with Gasteiger partial charge in [0.2, 0.25) is 0 Å². The third-order valence-electron chi connectivity index (χ3n) is 3.03. The lowest BCUT2D eigenvalue weighted by Gasteiger charge is -2.31. The first-order valence-electron chi connectivity index (χ1n) is 5.73.